The summed E-state index contributed by atoms with van der Waals surface area (Å²) in [6.45, 7) is 6.67. The van der Waals surface area contributed by atoms with Gasteiger partial charge in [-0.25, -0.2) is 9.97 Å². The maximum absolute atomic E-state index is 8.53. The minimum atomic E-state index is 0.121. The van der Waals surface area contributed by atoms with Crippen LogP contribution in [0.25, 0.3) is 0 Å². The molecule has 0 aromatic carbocycles. The van der Waals surface area contributed by atoms with Crippen LogP contribution in [0.5, 0.6) is 0 Å². The van der Waals surface area contributed by atoms with E-state index in [-0.39, 0.29) is 6.61 Å². The number of hydrogen-bond acceptors (Lipinski definition) is 4. The van der Waals surface area contributed by atoms with E-state index in [0.717, 1.165) is 17.9 Å². The molecule has 1 rings (SSSR count). The second-order valence-corrected chi connectivity index (χ2v) is 2.39. The number of nitrogens with one attached hydrogen (secondary N) is 1. The number of aliphatic hydroxyl groups excluding tert-OH is 1. The Balaban J connectivity index is 0.000000791. The molecule has 2 N–H and O–H groups in total. The highest BCUT2D eigenvalue weighted by atomic mass is 16.3. The van der Waals surface area contributed by atoms with Gasteiger partial charge in [-0.3, -0.25) is 0 Å². The van der Waals surface area contributed by atoms with Crippen LogP contribution >= 0.6 is 0 Å². The van der Waals surface area contributed by atoms with E-state index >= 15 is 0 Å². The van der Waals surface area contributed by atoms with Crippen LogP contribution in [0.1, 0.15) is 26.6 Å². The lowest BCUT2D eigenvalue weighted by atomic mass is 10.4. The van der Waals surface area contributed by atoms with E-state index in [1.54, 1.807) is 12.4 Å². The third-order valence-corrected chi connectivity index (χ3v) is 1.46. The maximum atomic E-state index is 8.53. The Morgan fingerprint density at radius 3 is 2.29 bits per heavy atom. The Bertz CT molecular complexity index is 223. The van der Waals surface area contributed by atoms with Gasteiger partial charge < -0.3 is 10.4 Å². The number of aromatic nitrogens is 2. The van der Waals surface area contributed by atoms with E-state index in [1.807, 2.05) is 20.8 Å². The van der Waals surface area contributed by atoms with Gasteiger partial charge in [0.25, 0.3) is 0 Å². The molecule has 1 aromatic rings. The summed E-state index contributed by atoms with van der Waals surface area (Å²) >= 11 is 0. The molecule has 4 heteroatoms. The number of aliphatic hydroxyl groups is 1. The molecule has 0 aliphatic heterocycles. The lowest BCUT2D eigenvalue weighted by molar-refractivity contribution is 0.311. The van der Waals surface area contributed by atoms with E-state index in [4.69, 9.17) is 5.11 Å². The molecule has 0 radical (unpaired) electrons. The van der Waals surface area contributed by atoms with Crippen LogP contribution in [0, 0.1) is 0 Å². The number of nitrogens with zero attached hydrogens (tertiary/aromatic N) is 2. The molecule has 0 fully saturated rings. The molecule has 1 aromatic heterocycles. The van der Waals surface area contributed by atoms with Crippen molar-refractivity contribution in [1.29, 1.82) is 0 Å². The van der Waals surface area contributed by atoms with Gasteiger partial charge in [-0.05, 0) is 0 Å². The zero-order valence-electron chi connectivity index (χ0n) is 9.12. The average molecular weight is 197 g/mol. The molecule has 1 heterocycles. The lowest BCUT2D eigenvalue weighted by Crippen LogP contribution is -2.06. The SMILES string of the molecule is CC.CCc1ncc(NCCO)cn1. The van der Waals surface area contributed by atoms with Gasteiger partial charge in [-0.1, -0.05) is 20.8 Å². The highest BCUT2D eigenvalue weighted by Crippen LogP contribution is 2.01. The van der Waals surface area contributed by atoms with Crippen LogP contribution in [0.15, 0.2) is 12.4 Å². The molecule has 0 amide bonds. The van der Waals surface area contributed by atoms with Crippen LogP contribution < -0.4 is 5.32 Å². The number of aryl methyl sites for hydroxylation is 1. The molecule has 0 saturated carbocycles. The Hall–Kier alpha value is -1.16. The minimum Gasteiger partial charge on any atom is -0.395 e. The average Bonchev–Trinajstić information content (AvgIpc) is 2.30. The molecule has 14 heavy (non-hydrogen) atoms. The summed E-state index contributed by atoms with van der Waals surface area (Å²) in [6.07, 6.45) is 4.29. The van der Waals surface area contributed by atoms with Gasteiger partial charge in [0.2, 0.25) is 0 Å². The summed E-state index contributed by atoms with van der Waals surface area (Å²) in [6, 6.07) is 0. The van der Waals surface area contributed by atoms with Crippen molar-refractivity contribution in [2.45, 2.75) is 27.2 Å². The number of rotatable bonds is 4. The fourth-order valence-electron chi connectivity index (χ4n) is 0.829. The van der Waals surface area contributed by atoms with Gasteiger partial charge in [0.1, 0.15) is 5.82 Å². The number of anilines is 1. The van der Waals surface area contributed by atoms with Crippen molar-refractivity contribution in [1.82, 2.24) is 9.97 Å². The second-order valence-electron chi connectivity index (χ2n) is 2.39. The second kappa shape index (κ2) is 8.44. The van der Waals surface area contributed by atoms with Crippen LogP contribution in [-0.2, 0) is 6.42 Å². The van der Waals surface area contributed by atoms with Crippen LogP contribution in [0.2, 0.25) is 0 Å². The standard InChI is InChI=1S/C8H13N3O.C2H6/c1-2-8-10-5-7(6-11-8)9-3-4-12;1-2/h5-6,9,12H,2-4H2,1H3;1-2H3. The monoisotopic (exact) mass is 197 g/mol. The molecule has 80 valence electrons. The first kappa shape index (κ1) is 12.8. The predicted molar refractivity (Wildman–Crippen MR) is 58.3 cm³/mol. The van der Waals surface area contributed by atoms with Crippen molar-refractivity contribution in [2.24, 2.45) is 0 Å². The van der Waals surface area contributed by atoms with Crippen molar-refractivity contribution < 1.29 is 5.11 Å². The summed E-state index contributed by atoms with van der Waals surface area (Å²) in [5, 5.41) is 11.5. The quantitative estimate of drug-likeness (QED) is 0.767. The van der Waals surface area contributed by atoms with E-state index in [2.05, 4.69) is 15.3 Å². The number of hydrogen-bond donors (Lipinski definition) is 2. The van der Waals surface area contributed by atoms with Gasteiger partial charge in [0.15, 0.2) is 0 Å². The van der Waals surface area contributed by atoms with Crippen molar-refractivity contribution in [3.63, 3.8) is 0 Å². The van der Waals surface area contributed by atoms with E-state index in [9.17, 15) is 0 Å². The first-order valence-electron chi connectivity index (χ1n) is 5.02. The summed E-state index contributed by atoms with van der Waals surface area (Å²) in [5.41, 5.74) is 0.848. The highest BCUT2D eigenvalue weighted by molar-refractivity contribution is 5.37. The summed E-state index contributed by atoms with van der Waals surface area (Å²) in [4.78, 5) is 8.19. The van der Waals surface area contributed by atoms with E-state index < -0.39 is 0 Å². The van der Waals surface area contributed by atoms with Gasteiger partial charge in [0, 0.05) is 13.0 Å². The molecule has 4 nitrogen and oxygen atoms in total. The van der Waals surface area contributed by atoms with Crippen LogP contribution in [0.3, 0.4) is 0 Å². The van der Waals surface area contributed by atoms with Crippen molar-refractivity contribution >= 4 is 5.69 Å². The smallest absolute Gasteiger partial charge is 0.128 e. The topological polar surface area (TPSA) is 58.0 Å². The fourth-order valence-corrected chi connectivity index (χ4v) is 0.829. The van der Waals surface area contributed by atoms with E-state index in [1.165, 1.54) is 0 Å². The maximum Gasteiger partial charge on any atom is 0.128 e. The highest BCUT2D eigenvalue weighted by Gasteiger charge is 1.93. The third kappa shape index (κ3) is 4.77. The molecular formula is C10H19N3O. The van der Waals surface area contributed by atoms with Gasteiger partial charge in [0.05, 0.1) is 24.7 Å². The molecule has 0 aliphatic carbocycles. The summed E-state index contributed by atoms with van der Waals surface area (Å²) < 4.78 is 0. The van der Waals surface area contributed by atoms with E-state index in [0.29, 0.717) is 6.54 Å². The van der Waals surface area contributed by atoms with Gasteiger partial charge >= 0.3 is 0 Å². The zero-order chi connectivity index (χ0) is 10.8. The molecule has 0 saturated heterocycles. The van der Waals surface area contributed by atoms with Gasteiger partial charge in [-0.2, -0.15) is 0 Å². The van der Waals surface area contributed by atoms with Crippen molar-refractivity contribution in [3.8, 4) is 0 Å². The fraction of sp³-hybridized carbons (Fsp3) is 0.600. The van der Waals surface area contributed by atoms with Crippen molar-refractivity contribution in [2.75, 3.05) is 18.5 Å². The normalized spacial score (nSPS) is 8.86. The first-order valence-corrected chi connectivity index (χ1v) is 5.02. The molecule has 0 bridgehead atoms. The predicted octanol–water partition coefficient (Wildman–Crippen LogP) is 1.47. The third-order valence-electron chi connectivity index (χ3n) is 1.46. The summed E-state index contributed by atoms with van der Waals surface area (Å²) in [5.74, 6) is 0.838. The minimum absolute atomic E-state index is 0.121. The van der Waals surface area contributed by atoms with Crippen LogP contribution in [-0.4, -0.2) is 28.2 Å². The Morgan fingerprint density at radius 1 is 1.29 bits per heavy atom. The molecule has 0 atom stereocenters. The zero-order valence-corrected chi connectivity index (χ0v) is 9.12. The van der Waals surface area contributed by atoms with Crippen LogP contribution in [0.4, 0.5) is 5.69 Å². The first-order chi connectivity index (χ1) is 6.86. The summed E-state index contributed by atoms with van der Waals surface area (Å²) in [7, 11) is 0. The molecule has 0 unspecified atom stereocenters. The Kier molecular flexibility index (Phi) is 7.74. The van der Waals surface area contributed by atoms with Crippen molar-refractivity contribution in [3.05, 3.63) is 18.2 Å². The Morgan fingerprint density at radius 2 is 1.86 bits per heavy atom. The lowest BCUT2D eigenvalue weighted by Gasteiger charge is -2.02. The Labute approximate surface area is 85.4 Å². The largest absolute Gasteiger partial charge is 0.395 e. The van der Waals surface area contributed by atoms with Gasteiger partial charge in [-0.15, -0.1) is 0 Å². The molecular weight excluding hydrogens is 178 g/mol. The molecule has 0 aliphatic rings. The molecule has 0 spiro atoms.